The smallest absolute Gasteiger partial charge is 0.354 e. The molecule has 17 heavy (non-hydrogen) atoms. The van der Waals surface area contributed by atoms with E-state index in [-0.39, 0.29) is 5.69 Å². The predicted octanol–water partition coefficient (Wildman–Crippen LogP) is 3.13. The molecular formula is C12H9IN2O2. The lowest BCUT2D eigenvalue weighted by Crippen LogP contribution is -2.02. The average molecular weight is 340 g/mol. The monoisotopic (exact) mass is 340 g/mol. The first kappa shape index (κ1) is 11.8. The van der Waals surface area contributed by atoms with Gasteiger partial charge in [-0.1, -0.05) is 12.1 Å². The lowest BCUT2D eigenvalue weighted by atomic mass is 10.3. The number of carboxylic acid groups (broad SMARTS) is 1. The third kappa shape index (κ3) is 3.16. The van der Waals surface area contributed by atoms with Crippen LogP contribution in [-0.2, 0) is 0 Å². The average Bonchev–Trinajstić information content (AvgIpc) is 2.29. The zero-order chi connectivity index (χ0) is 12.3. The van der Waals surface area contributed by atoms with Crippen molar-refractivity contribution in [3.05, 3.63) is 51.7 Å². The molecule has 0 saturated heterocycles. The third-order valence-corrected chi connectivity index (χ3v) is 2.74. The Bertz CT molecular complexity index is 558. The number of benzene rings is 1. The highest BCUT2D eigenvalue weighted by molar-refractivity contribution is 14.1. The molecule has 0 fully saturated rings. The maximum Gasteiger partial charge on any atom is 0.354 e. The summed E-state index contributed by atoms with van der Waals surface area (Å²) in [6.45, 7) is 0. The summed E-state index contributed by atoms with van der Waals surface area (Å²) in [5, 5.41) is 11.9. The van der Waals surface area contributed by atoms with Crippen LogP contribution in [0.5, 0.6) is 0 Å². The van der Waals surface area contributed by atoms with Crippen LogP contribution >= 0.6 is 22.6 Å². The largest absolute Gasteiger partial charge is 0.477 e. The molecule has 0 bridgehead atoms. The highest BCUT2D eigenvalue weighted by Gasteiger charge is 2.05. The van der Waals surface area contributed by atoms with Gasteiger partial charge >= 0.3 is 5.97 Å². The van der Waals surface area contributed by atoms with Crippen LogP contribution in [0.4, 0.5) is 11.5 Å². The molecule has 0 unspecified atom stereocenters. The van der Waals surface area contributed by atoms with Crippen molar-refractivity contribution in [3.8, 4) is 0 Å². The van der Waals surface area contributed by atoms with E-state index in [9.17, 15) is 4.79 Å². The van der Waals surface area contributed by atoms with Gasteiger partial charge in [-0.3, -0.25) is 0 Å². The van der Waals surface area contributed by atoms with Crippen LogP contribution in [0.25, 0.3) is 0 Å². The molecule has 1 aromatic heterocycles. The first-order valence-electron chi connectivity index (χ1n) is 4.88. The second-order valence-electron chi connectivity index (χ2n) is 3.35. The number of aromatic carboxylic acids is 1. The molecular weight excluding hydrogens is 331 g/mol. The van der Waals surface area contributed by atoms with Gasteiger partial charge in [0, 0.05) is 9.26 Å². The van der Waals surface area contributed by atoms with Crippen LogP contribution in [0.3, 0.4) is 0 Å². The van der Waals surface area contributed by atoms with Gasteiger partial charge in [-0.15, -0.1) is 0 Å². The Kier molecular flexibility index (Phi) is 3.58. The fourth-order valence-electron chi connectivity index (χ4n) is 1.34. The van der Waals surface area contributed by atoms with Gasteiger partial charge < -0.3 is 10.4 Å². The number of carbonyl (C=O) groups is 1. The molecule has 2 aromatic rings. The van der Waals surface area contributed by atoms with E-state index in [0.717, 1.165) is 9.26 Å². The first-order valence-corrected chi connectivity index (χ1v) is 5.96. The van der Waals surface area contributed by atoms with E-state index in [2.05, 4.69) is 32.9 Å². The summed E-state index contributed by atoms with van der Waals surface area (Å²) in [4.78, 5) is 14.8. The zero-order valence-electron chi connectivity index (χ0n) is 8.72. The molecule has 0 radical (unpaired) electrons. The molecule has 4 nitrogen and oxygen atoms in total. The number of carboxylic acids is 1. The second-order valence-corrected chi connectivity index (χ2v) is 4.59. The number of hydrogen-bond acceptors (Lipinski definition) is 3. The van der Waals surface area contributed by atoms with Gasteiger partial charge in [-0.2, -0.15) is 0 Å². The van der Waals surface area contributed by atoms with Crippen LogP contribution in [0.2, 0.25) is 0 Å². The third-order valence-electron chi connectivity index (χ3n) is 2.07. The molecule has 5 heteroatoms. The van der Waals surface area contributed by atoms with Gasteiger partial charge in [0.05, 0.1) is 0 Å². The Hall–Kier alpha value is -1.63. The van der Waals surface area contributed by atoms with Crippen LogP contribution in [0.1, 0.15) is 10.5 Å². The minimum absolute atomic E-state index is 0.0284. The highest BCUT2D eigenvalue weighted by atomic mass is 127. The standard InChI is InChI=1S/C12H9IN2O2/c13-8-3-1-4-9(7-8)14-11-6-2-5-10(15-11)12(16)17/h1-7H,(H,14,15)(H,16,17). The van der Waals surface area contributed by atoms with Gasteiger partial charge in [0.2, 0.25) is 0 Å². The van der Waals surface area contributed by atoms with E-state index >= 15 is 0 Å². The summed E-state index contributed by atoms with van der Waals surface area (Å²) < 4.78 is 1.10. The summed E-state index contributed by atoms with van der Waals surface area (Å²) in [6.07, 6.45) is 0. The Morgan fingerprint density at radius 3 is 2.71 bits per heavy atom. The summed E-state index contributed by atoms with van der Waals surface area (Å²) in [5.41, 5.74) is 0.910. The number of pyridine rings is 1. The first-order chi connectivity index (χ1) is 8.15. The molecule has 0 atom stereocenters. The SMILES string of the molecule is O=C(O)c1cccc(Nc2cccc(I)c2)n1. The summed E-state index contributed by atoms with van der Waals surface area (Å²) in [5.74, 6) is -0.511. The van der Waals surface area contributed by atoms with Crippen molar-refractivity contribution < 1.29 is 9.90 Å². The number of nitrogens with zero attached hydrogens (tertiary/aromatic N) is 1. The second kappa shape index (κ2) is 5.13. The van der Waals surface area contributed by atoms with E-state index in [0.29, 0.717) is 5.82 Å². The molecule has 0 aliphatic heterocycles. The summed E-state index contributed by atoms with van der Waals surface area (Å²) in [6, 6.07) is 12.6. The van der Waals surface area contributed by atoms with Gasteiger partial charge in [0.1, 0.15) is 5.82 Å². The molecule has 0 spiro atoms. The maximum absolute atomic E-state index is 10.8. The number of aromatic nitrogens is 1. The lowest BCUT2D eigenvalue weighted by molar-refractivity contribution is 0.0690. The number of hydrogen-bond donors (Lipinski definition) is 2. The van der Waals surface area contributed by atoms with E-state index in [1.807, 2.05) is 24.3 Å². The fraction of sp³-hybridized carbons (Fsp3) is 0. The number of anilines is 2. The lowest BCUT2D eigenvalue weighted by Gasteiger charge is -2.06. The zero-order valence-corrected chi connectivity index (χ0v) is 10.9. The molecule has 0 saturated carbocycles. The van der Waals surface area contributed by atoms with Gasteiger partial charge in [0.15, 0.2) is 5.69 Å². The number of rotatable bonds is 3. The van der Waals surface area contributed by atoms with E-state index in [1.54, 1.807) is 12.1 Å². The van der Waals surface area contributed by atoms with Crippen molar-refractivity contribution in [3.63, 3.8) is 0 Å². The molecule has 86 valence electrons. The molecule has 0 aliphatic carbocycles. The molecule has 2 rings (SSSR count). The van der Waals surface area contributed by atoms with E-state index in [1.165, 1.54) is 6.07 Å². The van der Waals surface area contributed by atoms with Crippen molar-refractivity contribution in [2.24, 2.45) is 0 Å². The summed E-state index contributed by atoms with van der Waals surface area (Å²) in [7, 11) is 0. The Labute approximate surface area is 112 Å². The minimum atomic E-state index is -1.03. The quantitative estimate of drug-likeness (QED) is 0.843. The topological polar surface area (TPSA) is 62.2 Å². The molecule has 1 heterocycles. The van der Waals surface area contributed by atoms with Crippen molar-refractivity contribution >= 4 is 40.1 Å². The highest BCUT2D eigenvalue weighted by Crippen LogP contribution is 2.17. The number of halogens is 1. The van der Waals surface area contributed by atoms with Crippen molar-refractivity contribution in [2.45, 2.75) is 0 Å². The van der Waals surface area contributed by atoms with Gasteiger partial charge in [0.25, 0.3) is 0 Å². The van der Waals surface area contributed by atoms with Crippen molar-refractivity contribution in [2.75, 3.05) is 5.32 Å². The maximum atomic E-state index is 10.8. The molecule has 2 N–H and O–H groups in total. The Balaban J connectivity index is 2.24. The van der Waals surface area contributed by atoms with Crippen molar-refractivity contribution in [1.29, 1.82) is 0 Å². The molecule has 0 amide bonds. The van der Waals surface area contributed by atoms with Gasteiger partial charge in [-0.25, -0.2) is 9.78 Å². The fourth-order valence-corrected chi connectivity index (χ4v) is 1.88. The van der Waals surface area contributed by atoms with Crippen LogP contribution < -0.4 is 5.32 Å². The van der Waals surface area contributed by atoms with Crippen molar-refractivity contribution in [1.82, 2.24) is 4.98 Å². The van der Waals surface area contributed by atoms with E-state index < -0.39 is 5.97 Å². The Morgan fingerprint density at radius 1 is 1.24 bits per heavy atom. The van der Waals surface area contributed by atoms with E-state index in [4.69, 9.17) is 5.11 Å². The molecule has 0 aliphatic rings. The van der Waals surface area contributed by atoms with Crippen LogP contribution in [0, 0.1) is 3.57 Å². The normalized spacial score (nSPS) is 9.94. The molecule has 1 aromatic carbocycles. The predicted molar refractivity (Wildman–Crippen MR) is 73.6 cm³/mol. The number of nitrogens with one attached hydrogen (secondary N) is 1. The Morgan fingerprint density at radius 2 is 2.00 bits per heavy atom. The summed E-state index contributed by atoms with van der Waals surface area (Å²) >= 11 is 2.21. The van der Waals surface area contributed by atoms with Crippen LogP contribution in [-0.4, -0.2) is 16.1 Å². The van der Waals surface area contributed by atoms with Crippen LogP contribution in [0.15, 0.2) is 42.5 Å². The van der Waals surface area contributed by atoms with Gasteiger partial charge in [-0.05, 0) is 52.9 Å². The minimum Gasteiger partial charge on any atom is -0.477 e.